The van der Waals surface area contributed by atoms with Gasteiger partial charge in [0, 0.05) is 38.8 Å². The number of ether oxygens (including phenoxy) is 1. The number of carbonyl (C=O) groups is 1. The van der Waals surface area contributed by atoms with Crippen LogP contribution in [0.3, 0.4) is 0 Å². The molecule has 1 amide bonds. The molecule has 126 valence electrons. The largest absolute Gasteiger partial charge is 0.379 e. The molecular formula is C17H24FN3O2. The number of rotatable bonds is 3. The van der Waals surface area contributed by atoms with Crippen molar-refractivity contribution in [2.75, 3.05) is 45.9 Å². The van der Waals surface area contributed by atoms with Crippen molar-refractivity contribution in [3.8, 4) is 0 Å². The van der Waals surface area contributed by atoms with Gasteiger partial charge in [0.1, 0.15) is 11.9 Å². The van der Waals surface area contributed by atoms with Gasteiger partial charge < -0.3 is 15.0 Å². The number of morpholine rings is 1. The van der Waals surface area contributed by atoms with E-state index < -0.39 is 6.04 Å². The van der Waals surface area contributed by atoms with Crippen LogP contribution in [0.4, 0.5) is 4.39 Å². The molecule has 1 aromatic rings. The van der Waals surface area contributed by atoms with Gasteiger partial charge >= 0.3 is 0 Å². The Bertz CT molecular complexity index is 548. The number of hydrogen-bond acceptors (Lipinski definition) is 4. The molecule has 1 N–H and O–H groups in total. The number of benzene rings is 1. The Hall–Kier alpha value is -1.50. The second-order valence-corrected chi connectivity index (χ2v) is 6.25. The minimum atomic E-state index is -0.431. The third-order valence-corrected chi connectivity index (χ3v) is 4.49. The zero-order chi connectivity index (χ0) is 16.2. The molecule has 2 fully saturated rings. The van der Waals surface area contributed by atoms with Crippen LogP contribution in [0.1, 0.15) is 18.5 Å². The van der Waals surface area contributed by atoms with Crippen LogP contribution in [-0.2, 0) is 9.53 Å². The molecule has 1 aromatic carbocycles. The Kier molecular flexibility index (Phi) is 5.25. The summed E-state index contributed by atoms with van der Waals surface area (Å²) in [5.74, 6) is -0.243. The number of piperazine rings is 1. The number of hydrogen-bond donors (Lipinski definition) is 1. The Morgan fingerprint density at radius 1 is 1.35 bits per heavy atom. The van der Waals surface area contributed by atoms with Crippen LogP contribution in [0.25, 0.3) is 0 Å². The van der Waals surface area contributed by atoms with Crippen molar-refractivity contribution in [3.63, 3.8) is 0 Å². The molecule has 0 aliphatic carbocycles. The van der Waals surface area contributed by atoms with Crippen molar-refractivity contribution in [2.24, 2.45) is 0 Å². The van der Waals surface area contributed by atoms with Gasteiger partial charge in [-0.3, -0.25) is 9.69 Å². The Balaban J connectivity index is 1.86. The van der Waals surface area contributed by atoms with E-state index in [0.717, 1.165) is 12.1 Å². The highest BCUT2D eigenvalue weighted by Crippen LogP contribution is 2.25. The zero-order valence-corrected chi connectivity index (χ0v) is 13.5. The highest BCUT2D eigenvalue weighted by Gasteiger charge is 2.33. The Morgan fingerprint density at radius 3 is 2.83 bits per heavy atom. The second-order valence-electron chi connectivity index (χ2n) is 6.25. The van der Waals surface area contributed by atoms with Crippen molar-refractivity contribution in [3.05, 3.63) is 35.6 Å². The second kappa shape index (κ2) is 7.38. The number of halogens is 1. The minimum absolute atomic E-state index is 0.0610. The Morgan fingerprint density at radius 2 is 2.13 bits per heavy atom. The lowest BCUT2D eigenvalue weighted by molar-refractivity contribution is -0.140. The van der Waals surface area contributed by atoms with Gasteiger partial charge in [-0.2, -0.15) is 0 Å². The van der Waals surface area contributed by atoms with E-state index in [9.17, 15) is 9.18 Å². The fourth-order valence-corrected chi connectivity index (χ4v) is 3.33. The van der Waals surface area contributed by atoms with Gasteiger partial charge in [0.05, 0.1) is 13.2 Å². The van der Waals surface area contributed by atoms with E-state index in [0.29, 0.717) is 39.4 Å². The molecule has 3 rings (SSSR count). The summed E-state index contributed by atoms with van der Waals surface area (Å²) >= 11 is 0. The van der Waals surface area contributed by atoms with Crippen LogP contribution in [0.15, 0.2) is 24.3 Å². The van der Waals surface area contributed by atoms with Crippen molar-refractivity contribution < 1.29 is 13.9 Å². The van der Waals surface area contributed by atoms with Gasteiger partial charge in [-0.1, -0.05) is 12.1 Å². The maximum absolute atomic E-state index is 13.7. The SMILES string of the molecule is C[C@H]1CN(C(=O)[C@H](c2cccc(F)c2)N2CCOCC2)CCN1. The summed E-state index contributed by atoms with van der Waals surface area (Å²) in [4.78, 5) is 17.1. The lowest BCUT2D eigenvalue weighted by atomic mass is 10.0. The van der Waals surface area contributed by atoms with E-state index in [1.54, 1.807) is 6.07 Å². The average molecular weight is 321 g/mol. The predicted molar refractivity (Wildman–Crippen MR) is 85.6 cm³/mol. The predicted octanol–water partition coefficient (Wildman–Crippen LogP) is 1.02. The van der Waals surface area contributed by atoms with Gasteiger partial charge in [-0.25, -0.2) is 4.39 Å². The summed E-state index contributed by atoms with van der Waals surface area (Å²) in [6.07, 6.45) is 0. The standard InChI is InChI=1S/C17H24FN3O2/c1-13-12-21(6-5-19-13)17(22)16(20-7-9-23-10-8-20)14-3-2-4-15(18)11-14/h2-4,11,13,16,19H,5-10,12H2,1H3/t13-,16-/m0/s1. The molecule has 0 saturated carbocycles. The van der Waals surface area contributed by atoms with Crippen LogP contribution >= 0.6 is 0 Å². The topological polar surface area (TPSA) is 44.8 Å². The van der Waals surface area contributed by atoms with Crippen LogP contribution in [0.5, 0.6) is 0 Å². The van der Waals surface area contributed by atoms with E-state index in [1.807, 2.05) is 11.0 Å². The first-order chi connectivity index (χ1) is 11.1. The first-order valence-electron chi connectivity index (χ1n) is 8.24. The number of carbonyl (C=O) groups excluding carboxylic acids is 1. The minimum Gasteiger partial charge on any atom is -0.379 e. The lowest BCUT2D eigenvalue weighted by Gasteiger charge is -2.39. The Labute approximate surface area is 136 Å². The van der Waals surface area contributed by atoms with Crippen LogP contribution < -0.4 is 5.32 Å². The molecule has 23 heavy (non-hydrogen) atoms. The van der Waals surface area contributed by atoms with Crippen molar-refractivity contribution in [2.45, 2.75) is 19.0 Å². The molecule has 2 aliphatic heterocycles. The first kappa shape index (κ1) is 16.4. The van der Waals surface area contributed by atoms with Crippen molar-refractivity contribution in [1.82, 2.24) is 15.1 Å². The molecule has 2 atom stereocenters. The molecule has 0 spiro atoms. The van der Waals surface area contributed by atoms with E-state index in [4.69, 9.17) is 4.74 Å². The molecule has 0 radical (unpaired) electrons. The molecule has 2 saturated heterocycles. The monoisotopic (exact) mass is 321 g/mol. The van der Waals surface area contributed by atoms with Gasteiger partial charge in [-0.05, 0) is 24.6 Å². The lowest BCUT2D eigenvalue weighted by Crippen LogP contribution is -2.55. The molecule has 2 heterocycles. The van der Waals surface area contributed by atoms with E-state index in [1.165, 1.54) is 12.1 Å². The molecule has 0 bridgehead atoms. The highest BCUT2D eigenvalue weighted by molar-refractivity contribution is 5.83. The number of nitrogens with one attached hydrogen (secondary N) is 1. The summed E-state index contributed by atoms with van der Waals surface area (Å²) in [6.45, 7) is 6.85. The van der Waals surface area contributed by atoms with Gasteiger partial charge in [0.15, 0.2) is 0 Å². The summed E-state index contributed by atoms with van der Waals surface area (Å²) in [5.41, 5.74) is 0.725. The maximum atomic E-state index is 13.7. The van der Waals surface area contributed by atoms with Gasteiger partial charge in [-0.15, -0.1) is 0 Å². The zero-order valence-electron chi connectivity index (χ0n) is 13.5. The van der Waals surface area contributed by atoms with E-state index in [-0.39, 0.29) is 17.8 Å². The smallest absolute Gasteiger partial charge is 0.244 e. The van der Waals surface area contributed by atoms with Gasteiger partial charge in [0.2, 0.25) is 5.91 Å². The third kappa shape index (κ3) is 3.88. The molecule has 6 heteroatoms. The average Bonchev–Trinajstić information content (AvgIpc) is 2.56. The summed E-state index contributed by atoms with van der Waals surface area (Å²) in [5, 5.41) is 3.35. The quantitative estimate of drug-likeness (QED) is 0.903. The normalized spacial score (nSPS) is 24.4. The van der Waals surface area contributed by atoms with Crippen LogP contribution in [0, 0.1) is 5.82 Å². The fraction of sp³-hybridized carbons (Fsp3) is 0.588. The number of amides is 1. The van der Waals surface area contributed by atoms with Crippen LogP contribution in [-0.4, -0.2) is 67.7 Å². The van der Waals surface area contributed by atoms with Gasteiger partial charge in [0.25, 0.3) is 0 Å². The molecule has 0 unspecified atom stereocenters. The fourth-order valence-electron chi connectivity index (χ4n) is 3.33. The summed E-state index contributed by atoms with van der Waals surface area (Å²) in [6, 6.07) is 6.25. The molecule has 5 nitrogen and oxygen atoms in total. The first-order valence-corrected chi connectivity index (χ1v) is 8.24. The molecule has 0 aromatic heterocycles. The molecular weight excluding hydrogens is 297 g/mol. The third-order valence-electron chi connectivity index (χ3n) is 4.49. The van der Waals surface area contributed by atoms with Crippen LogP contribution in [0.2, 0.25) is 0 Å². The summed E-state index contributed by atoms with van der Waals surface area (Å²) < 4.78 is 19.1. The summed E-state index contributed by atoms with van der Waals surface area (Å²) in [7, 11) is 0. The van der Waals surface area contributed by atoms with E-state index in [2.05, 4.69) is 17.1 Å². The van der Waals surface area contributed by atoms with Crippen molar-refractivity contribution >= 4 is 5.91 Å². The van der Waals surface area contributed by atoms with Crippen molar-refractivity contribution in [1.29, 1.82) is 0 Å². The maximum Gasteiger partial charge on any atom is 0.244 e. The number of nitrogens with zero attached hydrogens (tertiary/aromatic N) is 2. The molecule has 2 aliphatic rings. The highest BCUT2D eigenvalue weighted by atomic mass is 19.1. The van der Waals surface area contributed by atoms with E-state index >= 15 is 0 Å².